The minimum absolute atomic E-state index is 0.324. The van der Waals surface area contributed by atoms with Crippen molar-refractivity contribution >= 4 is 73.7 Å². The smallest absolute Gasteiger partial charge is 0.306 e. The van der Waals surface area contributed by atoms with Crippen molar-refractivity contribution in [3.63, 3.8) is 0 Å². The average molecular weight is 676 g/mol. The summed E-state index contributed by atoms with van der Waals surface area (Å²) >= 11 is 16.0. The minimum Gasteiger partial charge on any atom is -0.481 e. The molecule has 5 fully saturated rings. The zero-order valence-electron chi connectivity index (χ0n) is 24.4. The first kappa shape index (κ1) is 30.2. The van der Waals surface area contributed by atoms with Gasteiger partial charge in [-0.05, 0) is 50.7 Å². The van der Waals surface area contributed by atoms with E-state index >= 15 is 0 Å². The molecule has 0 aromatic carbocycles. The number of piperidine rings is 3. The van der Waals surface area contributed by atoms with Crippen LogP contribution in [0.5, 0.6) is 0 Å². The molecule has 2 bridgehead atoms. The lowest BCUT2D eigenvalue weighted by Crippen LogP contribution is -2.65. The van der Waals surface area contributed by atoms with E-state index in [9.17, 15) is 14.7 Å². The van der Waals surface area contributed by atoms with E-state index in [1.807, 2.05) is 16.3 Å². The monoisotopic (exact) mass is 674 g/mol. The third-order valence-corrected chi connectivity index (χ3v) is 12.3. The molecule has 0 radical (unpaired) electrons. The van der Waals surface area contributed by atoms with Crippen LogP contribution in [0, 0.1) is 5.92 Å². The van der Waals surface area contributed by atoms with Crippen LogP contribution in [0.4, 0.5) is 16.0 Å². The summed E-state index contributed by atoms with van der Waals surface area (Å²) in [5.41, 5.74) is 1.21. The predicted octanol–water partition coefficient (Wildman–Crippen LogP) is 7.11. The zero-order chi connectivity index (χ0) is 30.4. The normalized spacial score (nSPS) is 23.3. The maximum Gasteiger partial charge on any atom is 0.306 e. The molecule has 2 atom stereocenters. The summed E-state index contributed by atoms with van der Waals surface area (Å²) in [5.74, 6) is -0.858. The summed E-state index contributed by atoms with van der Waals surface area (Å²) in [6.45, 7) is 3.18. The molecule has 2 N–H and O–H groups in total. The number of amides is 1. The highest BCUT2D eigenvalue weighted by Crippen LogP contribution is 2.46. The quantitative estimate of drug-likeness (QED) is 0.273. The van der Waals surface area contributed by atoms with Crippen LogP contribution in [-0.2, 0) is 4.79 Å². The van der Waals surface area contributed by atoms with Crippen LogP contribution >= 0.6 is 45.9 Å². The number of thiazole rings is 1. The number of carbonyl (C=O) groups is 2. The van der Waals surface area contributed by atoms with Crippen molar-refractivity contribution in [1.82, 2.24) is 14.9 Å². The number of anilines is 3. The van der Waals surface area contributed by atoms with Crippen LogP contribution in [0.2, 0.25) is 10.0 Å². The maximum absolute atomic E-state index is 13.4. The van der Waals surface area contributed by atoms with E-state index in [0.29, 0.717) is 70.6 Å². The Bertz CT molecular complexity index is 1530. The molecule has 3 aromatic heterocycles. The van der Waals surface area contributed by atoms with Gasteiger partial charge >= 0.3 is 5.97 Å². The molecule has 9 nitrogen and oxygen atoms in total. The molecule has 13 heteroatoms. The van der Waals surface area contributed by atoms with E-state index in [-0.39, 0.29) is 11.8 Å². The first-order valence-corrected chi connectivity index (χ1v) is 18.0. The van der Waals surface area contributed by atoms with Crippen LogP contribution in [0.25, 0.3) is 10.6 Å². The molecule has 234 valence electrons. The topological polar surface area (TPSA) is 102 Å². The second-order valence-electron chi connectivity index (χ2n) is 12.4. The van der Waals surface area contributed by atoms with E-state index in [1.54, 1.807) is 17.4 Å². The molecule has 2 unspecified atom stereocenters. The van der Waals surface area contributed by atoms with E-state index in [0.717, 1.165) is 28.7 Å². The number of rotatable bonds is 7. The van der Waals surface area contributed by atoms with E-state index in [2.05, 4.69) is 20.1 Å². The lowest BCUT2D eigenvalue weighted by atomic mass is 9.85. The van der Waals surface area contributed by atoms with E-state index < -0.39 is 5.97 Å². The Morgan fingerprint density at radius 3 is 2.39 bits per heavy atom. The van der Waals surface area contributed by atoms with Gasteiger partial charge in [-0.15, -0.1) is 11.3 Å². The van der Waals surface area contributed by atoms with Crippen LogP contribution in [-0.4, -0.2) is 76.2 Å². The Morgan fingerprint density at radius 2 is 1.73 bits per heavy atom. The van der Waals surface area contributed by atoms with Crippen molar-refractivity contribution in [3.8, 4) is 10.6 Å². The second-order valence-corrected chi connectivity index (χ2v) is 15.1. The summed E-state index contributed by atoms with van der Waals surface area (Å²) in [6, 6.07) is 5.27. The van der Waals surface area contributed by atoms with Crippen molar-refractivity contribution < 1.29 is 14.7 Å². The van der Waals surface area contributed by atoms with Crippen molar-refractivity contribution in [1.29, 1.82) is 0 Å². The number of fused-ring (bicyclic) bond motifs is 3. The van der Waals surface area contributed by atoms with E-state index in [1.165, 1.54) is 62.5 Å². The van der Waals surface area contributed by atoms with Crippen LogP contribution in [0.1, 0.15) is 68.1 Å². The SMILES string of the molecule is O=C(Nc1nc(-c2cc(Cl)cs2)c(N2CC3CCC2CN3C2CCCCC2)s1)c1cnc(N2CCC(C(=O)O)CC2)c(Cl)c1. The maximum atomic E-state index is 13.4. The van der Waals surface area contributed by atoms with Gasteiger partial charge in [-0.1, -0.05) is 53.8 Å². The molecule has 0 spiro atoms. The summed E-state index contributed by atoms with van der Waals surface area (Å²) in [6.07, 6.45) is 11.7. The van der Waals surface area contributed by atoms with Crippen LogP contribution in [0.3, 0.4) is 0 Å². The van der Waals surface area contributed by atoms with Gasteiger partial charge in [-0.3, -0.25) is 19.8 Å². The van der Waals surface area contributed by atoms with Crippen LogP contribution in [0.15, 0.2) is 23.7 Å². The lowest BCUT2D eigenvalue weighted by molar-refractivity contribution is -0.142. The Kier molecular flexibility index (Phi) is 8.76. The molecule has 4 saturated heterocycles. The standard InChI is InChI=1S/C31H36Cl2N6O3S2/c32-20-13-25(43-17-20)26-29(39-16-22-6-7-23(39)15-38(22)21-4-2-1-3-5-21)44-31(35-26)36-28(40)19-12-24(33)27(34-14-19)37-10-8-18(9-11-37)30(41)42/h12-14,17-18,21-23H,1-11,15-16H2,(H,41,42)(H,35,36,40). The highest BCUT2D eigenvalue weighted by molar-refractivity contribution is 7.21. The van der Waals surface area contributed by atoms with Crippen molar-refractivity contribution in [2.24, 2.45) is 5.92 Å². The van der Waals surface area contributed by atoms with Gasteiger partial charge < -0.3 is 14.9 Å². The average Bonchev–Trinajstić information content (AvgIpc) is 3.67. The fourth-order valence-corrected chi connectivity index (χ4v) is 9.89. The van der Waals surface area contributed by atoms with Gasteiger partial charge in [-0.2, -0.15) is 0 Å². The Morgan fingerprint density at radius 1 is 0.955 bits per heavy atom. The molecule has 1 saturated carbocycles. The fourth-order valence-electron chi connectivity index (χ4n) is 7.42. The number of carboxylic acids is 1. The Hall–Kier alpha value is -2.44. The number of carbonyl (C=O) groups excluding carboxylic acids is 1. The highest BCUT2D eigenvalue weighted by Gasteiger charge is 2.43. The molecule has 1 aliphatic carbocycles. The molecule has 4 aliphatic heterocycles. The first-order valence-electron chi connectivity index (χ1n) is 15.6. The molecular formula is C31H36Cl2N6O3S2. The Balaban J connectivity index is 1.09. The summed E-state index contributed by atoms with van der Waals surface area (Å²) in [4.78, 5) is 42.4. The van der Waals surface area contributed by atoms with Gasteiger partial charge in [-0.25, -0.2) is 9.97 Å². The third kappa shape index (κ3) is 6.06. The second kappa shape index (κ2) is 12.7. The molecule has 3 aromatic rings. The molecular weight excluding hydrogens is 639 g/mol. The number of carboxylic acid groups (broad SMARTS) is 1. The number of thiophene rings is 1. The van der Waals surface area contributed by atoms with Gasteiger partial charge in [0.1, 0.15) is 16.5 Å². The van der Waals surface area contributed by atoms with Gasteiger partial charge in [0, 0.05) is 55.9 Å². The van der Waals surface area contributed by atoms with Crippen molar-refractivity contribution in [2.75, 3.05) is 41.3 Å². The third-order valence-electron chi connectivity index (χ3n) is 9.73. The molecule has 1 amide bonds. The van der Waals surface area contributed by atoms with Crippen molar-refractivity contribution in [3.05, 3.63) is 39.3 Å². The van der Waals surface area contributed by atoms with Gasteiger partial charge in [0.05, 0.1) is 26.4 Å². The van der Waals surface area contributed by atoms with E-state index in [4.69, 9.17) is 28.2 Å². The number of nitrogens with one attached hydrogen (secondary N) is 1. The summed E-state index contributed by atoms with van der Waals surface area (Å²) in [5, 5.41) is 16.9. The summed E-state index contributed by atoms with van der Waals surface area (Å²) in [7, 11) is 0. The van der Waals surface area contributed by atoms with Crippen molar-refractivity contribution in [2.45, 2.75) is 75.9 Å². The summed E-state index contributed by atoms with van der Waals surface area (Å²) < 4.78 is 0. The number of hydrogen-bond donors (Lipinski definition) is 2. The predicted molar refractivity (Wildman–Crippen MR) is 178 cm³/mol. The molecule has 5 aliphatic rings. The zero-order valence-corrected chi connectivity index (χ0v) is 27.5. The molecule has 44 heavy (non-hydrogen) atoms. The first-order chi connectivity index (χ1) is 21.3. The fraction of sp³-hybridized carbons (Fsp3) is 0.548. The number of pyridine rings is 1. The van der Waals surface area contributed by atoms with Gasteiger partial charge in [0.25, 0.3) is 5.91 Å². The number of halogens is 2. The molecule has 7 heterocycles. The minimum atomic E-state index is -0.763. The number of piperazine rings is 1. The van der Waals surface area contributed by atoms with Gasteiger partial charge in [0.2, 0.25) is 0 Å². The number of aromatic nitrogens is 2. The van der Waals surface area contributed by atoms with Gasteiger partial charge in [0.15, 0.2) is 5.13 Å². The Labute approximate surface area is 275 Å². The largest absolute Gasteiger partial charge is 0.481 e. The number of nitrogens with zero attached hydrogens (tertiary/aromatic N) is 5. The number of aliphatic carboxylic acids is 1. The lowest BCUT2D eigenvalue weighted by Gasteiger charge is -2.55. The highest BCUT2D eigenvalue weighted by atomic mass is 35.5. The number of hydrogen-bond acceptors (Lipinski definition) is 9. The van der Waals surface area contributed by atoms with Crippen LogP contribution < -0.4 is 15.1 Å². The molecule has 8 rings (SSSR count).